The molecule has 1 heterocycles. The zero-order chi connectivity index (χ0) is 40.2. The van der Waals surface area contributed by atoms with Gasteiger partial charge in [-0.05, 0) is 70.6 Å². The zero-order valence-corrected chi connectivity index (χ0v) is 33.9. The number of carbonyl (C=O) groups is 2. The van der Waals surface area contributed by atoms with Crippen LogP contribution in [0.1, 0.15) is 142 Å². The van der Waals surface area contributed by atoms with E-state index in [1.807, 2.05) is 12.2 Å². The summed E-state index contributed by atoms with van der Waals surface area (Å²) in [5, 5.41) is 40.0. The minimum atomic E-state index is -1.61. The third-order valence-corrected chi connectivity index (χ3v) is 9.09. The summed E-state index contributed by atoms with van der Waals surface area (Å²) in [4.78, 5) is 25.2. The van der Waals surface area contributed by atoms with E-state index in [0.29, 0.717) is 12.8 Å². The summed E-state index contributed by atoms with van der Waals surface area (Å²) in [7, 11) is 0. The molecule has 0 spiro atoms. The molecule has 0 amide bonds. The average molecular weight is 775 g/mol. The van der Waals surface area contributed by atoms with Crippen LogP contribution in [0.2, 0.25) is 0 Å². The van der Waals surface area contributed by atoms with Crippen LogP contribution in [0.25, 0.3) is 0 Å². The molecule has 1 aliphatic rings. The molecule has 0 aromatic rings. The van der Waals surface area contributed by atoms with Crippen LogP contribution >= 0.6 is 0 Å². The maximum absolute atomic E-state index is 12.7. The number of allylic oxidation sites excluding steroid dienone is 12. The van der Waals surface area contributed by atoms with Crippen LogP contribution in [-0.2, 0) is 28.5 Å². The van der Waals surface area contributed by atoms with Gasteiger partial charge in [-0.3, -0.25) is 9.59 Å². The van der Waals surface area contributed by atoms with Gasteiger partial charge < -0.3 is 39.4 Å². The van der Waals surface area contributed by atoms with E-state index in [1.165, 1.54) is 44.9 Å². The summed E-state index contributed by atoms with van der Waals surface area (Å²) in [5.74, 6) is -0.918. The number of carbonyl (C=O) groups excluding carboxylic acids is 2. The number of aliphatic hydroxyl groups excluding tert-OH is 4. The van der Waals surface area contributed by atoms with Gasteiger partial charge in [0.15, 0.2) is 12.4 Å². The van der Waals surface area contributed by atoms with E-state index < -0.39 is 55.4 Å². The third kappa shape index (κ3) is 27.4. The molecule has 6 unspecified atom stereocenters. The fourth-order valence-electron chi connectivity index (χ4n) is 5.76. The first-order valence-corrected chi connectivity index (χ1v) is 21.0. The molecule has 0 radical (unpaired) electrons. The summed E-state index contributed by atoms with van der Waals surface area (Å²) in [6.07, 6.45) is 36.4. The Labute approximate surface area is 332 Å². The minimum absolute atomic E-state index is 0.103. The van der Waals surface area contributed by atoms with Crippen molar-refractivity contribution >= 4 is 11.9 Å². The molecule has 0 aromatic carbocycles. The van der Waals surface area contributed by atoms with Gasteiger partial charge in [-0.2, -0.15) is 0 Å². The normalized spacial score (nSPS) is 21.3. The van der Waals surface area contributed by atoms with E-state index in [2.05, 4.69) is 74.6 Å². The van der Waals surface area contributed by atoms with Gasteiger partial charge in [0.2, 0.25) is 0 Å². The van der Waals surface area contributed by atoms with Crippen LogP contribution in [-0.4, -0.2) is 89.0 Å². The predicted molar refractivity (Wildman–Crippen MR) is 219 cm³/mol. The number of aliphatic hydroxyl groups is 4. The van der Waals surface area contributed by atoms with E-state index >= 15 is 0 Å². The molecule has 0 bridgehead atoms. The number of unbranched alkanes of at least 4 members (excludes halogenated alkanes) is 10. The molecule has 1 saturated heterocycles. The fourth-order valence-corrected chi connectivity index (χ4v) is 5.76. The molecule has 0 aliphatic carbocycles. The van der Waals surface area contributed by atoms with Gasteiger partial charge in [-0.1, -0.05) is 132 Å². The van der Waals surface area contributed by atoms with E-state index in [0.717, 1.165) is 57.8 Å². The van der Waals surface area contributed by atoms with Gasteiger partial charge in [0.05, 0.1) is 13.2 Å². The summed E-state index contributed by atoms with van der Waals surface area (Å²) in [6, 6.07) is 0. The minimum Gasteiger partial charge on any atom is -0.462 e. The first kappa shape index (κ1) is 50.2. The molecule has 1 aliphatic heterocycles. The van der Waals surface area contributed by atoms with Crippen molar-refractivity contribution in [1.82, 2.24) is 0 Å². The Morgan fingerprint density at radius 1 is 0.582 bits per heavy atom. The van der Waals surface area contributed by atoms with Crippen molar-refractivity contribution in [2.75, 3.05) is 19.8 Å². The third-order valence-electron chi connectivity index (χ3n) is 9.09. The second-order valence-electron chi connectivity index (χ2n) is 14.1. The quantitative estimate of drug-likeness (QED) is 0.0291. The Morgan fingerprint density at radius 2 is 1.11 bits per heavy atom. The Morgan fingerprint density at radius 3 is 1.69 bits per heavy atom. The Balaban J connectivity index is 2.40. The van der Waals surface area contributed by atoms with Crippen molar-refractivity contribution in [3.8, 4) is 0 Å². The highest BCUT2D eigenvalue weighted by atomic mass is 16.7. The molecule has 10 nitrogen and oxygen atoms in total. The standard InChI is InChI=1S/C45H74O10/c1-3-5-7-9-11-13-15-17-18-19-20-22-23-25-27-29-31-33-40(47)52-36-38(37-53-45-44(51)43(50)42(49)39(35-46)55-45)54-41(48)34-32-30-28-26-24-21-16-14-12-10-8-6-4-2/h6,8,11-14,17-18,21,24,28,30,38-39,42-46,49-51H,3-5,7,9-10,15-16,19-20,22-23,25-27,29,31-37H2,1-2H3/b8-6-,13-11-,14-12-,18-17-,24-21-,30-28-. The SMILES string of the molecule is CC/C=C\C/C=C\C/C=C\C/C=C\CCC(=O)OC(COC(=O)CCCCCCCCC/C=C\C/C=C\CCCCC)COC1OC(CO)C(O)C(O)C1O. The molecule has 55 heavy (non-hydrogen) atoms. The number of hydrogen-bond donors (Lipinski definition) is 4. The van der Waals surface area contributed by atoms with Crippen molar-refractivity contribution in [3.63, 3.8) is 0 Å². The van der Waals surface area contributed by atoms with Crippen LogP contribution in [0, 0.1) is 0 Å². The number of esters is 2. The number of ether oxygens (including phenoxy) is 4. The van der Waals surface area contributed by atoms with Crippen molar-refractivity contribution in [2.24, 2.45) is 0 Å². The van der Waals surface area contributed by atoms with Crippen molar-refractivity contribution < 1.29 is 49.0 Å². The highest BCUT2D eigenvalue weighted by Gasteiger charge is 2.44. The Kier molecular flexibility index (Phi) is 32.4. The van der Waals surface area contributed by atoms with Gasteiger partial charge in [-0.25, -0.2) is 0 Å². The van der Waals surface area contributed by atoms with Crippen LogP contribution in [0.4, 0.5) is 0 Å². The number of rotatable bonds is 33. The van der Waals surface area contributed by atoms with Gasteiger partial charge >= 0.3 is 11.9 Å². The zero-order valence-electron chi connectivity index (χ0n) is 33.9. The first-order valence-electron chi connectivity index (χ1n) is 21.0. The monoisotopic (exact) mass is 775 g/mol. The second kappa shape index (κ2) is 35.5. The van der Waals surface area contributed by atoms with Gasteiger partial charge in [0.1, 0.15) is 31.0 Å². The molecule has 1 fully saturated rings. The van der Waals surface area contributed by atoms with Crippen molar-refractivity contribution in [3.05, 3.63) is 72.9 Å². The predicted octanol–water partition coefficient (Wildman–Crippen LogP) is 8.44. The van der Waals surface area contributed by atoms with Crippen LogP contribution in [0.5, 0.6) is 0 Å². The Hall–Kier alpha value is -2.86. The lowest BCUT2D eigenvalue weighted by atomic mass is 9.99. The summed E-state index contributed by atoms with van der Waals surface area (Å²) < 4.78 is 22.0. The maximum Gasteiger partial charge on any atom is 0.306 e. The molecule has 0 aromatic heterocycles. The van der Waals surface area contributed by atoms with Gasteiger partial charge in [-0.15, -0.1) is 0 Å². The molecule has 314 valence electrons. The lowest BCUT2D eigenvalue weighted by molar-refractivity contribution is -0.305. The number of hydrogen-bond acceptors (Lipinski definition) is 10. The highest BCUT2D eigenvalue weighted by molar-refractivity contribution is 5.70. The van der Waals surface area contributed by atoms with Gasteiger partial charge in [0, 0.05) is 12.8 Å². The van der Waals surface area contributed by atoms with E-state index in [-0.39, 0.29) is 26.1 Å². The largest absolute Gasteiger partial charge is 0.462 e. The average Bonchev–Trinajstić information content (AvgIpc) is 3.18. The molecule has 10 heteroatoms. The summed E-state index contributed by atoms with van der Waals surface area (Å²) >= 11 is 0. The molecule has 4 N–H and O–H groups in total. The molecule has 6 atom stereocenters. The van der Waals surface area contributed by atoms with E-state index in [9.17, 15) is 30.0 Å². The first-order chi connectivity index (χ1) is 26.8. The molecule has 0 saturated carbocycles. The maximum atomic E-state index is 12.7. The van der Waals surface area contributed by atoms with E-state index in [4.69, 9.17) is 18.9 Å². The van der Waals surface area contributed by atoms with Crippen molar-refractivity contribution in [2.45, 2.75) is 179 Å². The smallest absolute Gasteiger partial charge is 0.306 e. The lowest BCUT2D eigenvalue weighted by Crippen LogP contribution is -2.59. The molecule has 1 rings (SSSR count). The Bertz CT molecular complexity index is 1120. The topological polar surface area (TPSA) is 152 Å². The van der Waals surface area contributed by atoms with Crippen molar-refractivity contribution in [1.29, 1.82) is 0 Å². The summed E-state index contributed by atoms with van der Waals surface area (Å²) in [6.45, 7) is 3.17. The van der Waals surface area contributed by atoms with E-state index in [1.54, 1.807) is 0 Å². The van der Waals surface area contributed by atoms with Crippen LogP contribution in [0.15, 0.2) is 72.9 Å². The van der Waals surface area contributed by atoms with Gasteiger partial charge in [0.25, 0.3) is 0 Å². The molecular weight excluding hydrogens is 700 g/mol. The van der Waals surface area contributed by atoms with Crippen LogP contribution in [0.3, 0.4) is 0 Å². The summed E-state index contributed by atoms with van der Waals surface area (Å²) in [5.41, 5.74) is 0. The van der Waals surface area contributed by atoms with Crippen LogP contribution < -0.4 is 0 Å². The fraction of sp³-hybridized carbons (Fsp3) is 0.689. The second-order valence-corrected chi connectivity index (χ2v) is 14.1. The molecular formula is C45H74O10. The lowest BCUT2D eigenvalue weighted by Gasteiger charge is -2.39. The highest BCUT2D eigenvalue weighted by Crippen LogP contribution is 2.22.